The molecule has 0 aromatic rings. The summed E-state index contributed by atoms with van der Waals surface area (Å²) >= 11 is 0. The van der Waals surface area contributed by atoms with Crippen molar-refractivity contribution in [2.24, 2.45) is 5.92 Å². The SMILES string of the molecule is O=C(O)C1C=CSSC1C(=O)O. The minimum Gasteiger partial charge on any atom is -0.481 e. The number of aliphatic carboxylic acids is 2. The Hall–Kier alpha value is -0.620. The zero-order chi connectivity index (χ0) is 9.14. The van der Waals surface area contributed by atoms with Crippen LogP contribution < -0.4 is 0 Å². The van der Waals surface area contributed by atoms with Crippen molar-refractivity contribution in [3.05, 3.63) is 11.5 Å². The number of carboxylic acid groups (broad SMARTS) is 2. The number of hydrogen-bond donors (Lipinski definition) is 2. The normalized spacial score (nSPS) is 28.3. The number of rotatable bonds is 2. The van der Waals surface area contributed by atoms with Crippen LogP contribution in [0.15, 0.2) is 11.5 Å². The molecule has 1 heterocycles. The molecule has 0 radical (unpaired) electrons. The molecule has 1 aliphatic heterocycles. The van der Waals surface area contributed by atoms with Gasteiger partial charge in [0, 0.05) is 0 Å². The van der Waals surface area contributed by atoms with Crippen LogP contribution in [0.4, 0.5) is 0 Å². The van der Waals surface area contributed by atoms with E-state index >= 15 is 0 Å². The van der Waals surface area contributed by atoms with Gasteiger partial charge in [0.1, 0.15) is 5.25 Å². The van der Waals surface area contributed by atoms with Gasteiger partial charge in [0.25, 0.3) is 0 Å². The molecule has 0 aliphatic carbocycles. The summed E-state index contributed by atoms with van der Waals surface area (Å²) in [4.78, 5) is 21.1. The molecule has 0 fully saturated rings. The third-order valence-electron chi connectivity index (χ3n) is 1.36. The quantitative estimate of drug-likeness (QED) is 0.658. The molecule has 1 aliphatic rings. The van der Waals surface area contributed by atoms with Crippen molar-refractivity contribution >= 4 is 33.5 Å². The van der Waals surface area contributed by atoms with E-state index in [0.29, 0.717) is 0 Å². The van der Waals surface area contributed by atoms with E-state index in [-0.39, 0.29) is 0 Å². The van der Waals surface area contributed by atoms with E-state index in [1.807, 2.05) is 0 Å². The lowest BCUT2D eigenvalue weighted by Gasteiger charge is -2.18. The van der Waals surface area contributed by atoms with Gasteiger partial charge >= 0.3 is 11.9 Å². The van der Waals surface area contributed by atoms with Crippen molar-refractivity contribution in [1.82, 2.24) is 0 Å². The molecule has 1 rings (SSSR count). The molecule has 0 bridgehead atoms. The molecular formula is C6H6O4S2. The maximum atomic E-state index is 10.5. The number of hydrogen-bond acceptors (Lipinski definition) is 4. The van der Waals surface area contributed by atoms with E-state index < -0.39 is 23.1 Å². The van der Waals surface area contributed by atoms with Gasteiger partial charge in [-0.2, -0.15) is 0 Å². The predicted octanol–water partition coefficient (Wildman–Crippen LogP) is 1.05. The Kier molecular flexibility index (Phi) is 3.05. The highest BCUT2D eigenvalue weighted by Crippen LogP contribution is 2.37. The van der Waals surface area contributed by atoms with E-state index in [1.165, 1.54) is 16.9 Å². The van der Waals surface area contributed by atoms with E-state index in [9.17, 15) is 9.59 Å². The number of carboxylic acids is 2. The average molecular weight is 206 g/mol. The second-order valence-electron chi connectivity index (χ2n) is 2.14. The minimum absolute atomic E-state index is 0.877. The largest absolute Gasteiger partial charge is 0.481 e. The maximum absolute atomic E-state index is 10.5. The second kappa shape index (κ2) is 3.86. The summed E-state index contributed by atoms with van der Waals surface area (Å²) in [6.45, 7) is 0. The molecule has 4 nitrogen and oxygen atoms in total. The maximum Gasteiger partial charge on any atom is 0.318 e. The zero-order valence-electron chi connectivity index (χ0n) is 5.84. The first-order valence-corrected chi connectivity index (χ1v) is 5.35. The lowest BCUT2D eigenvalue weighted by molar-refractivity contribution is -0.145. The Balaban J connectivity index is 2.79. The first-order valence-electron chi connectivity index (χ1n) is 3.07. The topological polar surface area (TPSA) is 74.6 Å². The molecule has 2 N–H and O–H groups in total. The fraction of sp³-hybridized carbons (Fsp3) is 0.333. The summed E-state index contributed by atoms with van der Waals surface area (Å²) in [5.74, 6) is -3.08. The molecule has 2 unspecified atom stereocenters. The Bertz CT molecular complexity index is 238. The minimum atomic E-state index is -1.09. The summed E-state index contributed by atoms with van der Waals surface area (Å²) in [5.41, 5.74) is 0. The predicted molar refractivity (Wildman–Crippen MR) is 46.9 cm³/mol. The van der Waals surface area contributed by atoms with Crippen LogP contribution in [0.3, 0.4) is 0 Å². The fourth-order valence-corrected chi connectivity index (χ4v) is 2.95. The van der Waals surface area contributed by atoms with Gasteiger partial charge in [-0.25, -0.2) is 0 Å². The van der Waals surface area contributed by atoms with Crippen LogP contribution in [0.2, 0.25) is 0 Å². The monoisotopic (exact) mass is 206 g/mol. The molecule has 0 saturated heterocycles. The first kappa shape index (κ1) is 9.47. The molecule has 12 heavy (non-hydrogen) atoms. The van der Waals surface area contributed by atoms with Gasteiger partial charge in [-0.3, -0.25) is 9.59 Å². The molecule has 0 aromatic carbocycles. The highest BCUT2D eigenvalue weighted by Gasteiger charge is 2.34. The Morgan fingerprint density at radius 2 is 1.92 bits per heavy atom. The summed E-state index contributed by atoms with van der Waals surface area (Å²) in [5, 5.41) is 18.0. The van der Waals surface area contributed by atoms with Gasteiger partial charge in [0.15, 0.2) is 0 Å². The van der Waals surface area contributed by atoms with Crippen LogP contribution in [0, 0.1) is 5.92 Å². The van der Waals surface area contributed by atoms with Gasteiger partial charge in [-0.15, -0.1) is 0 Å². The highest BCUT2D eigenvalue weighted by atomic mass is 33.1. The van der Waals surface area contributed by atoms with E-state index in [4.69, 9.17) is 10.2 Å². The van der Waals surface area contributed by atoms with Gasteiger partial charge in [-0.05, 0) is 5.41 Å². The van der Waals surface area contributed by atoms with Gasteiger partial charge in [-0.1, -0.05) is 27.7 Å². The second-order valence-corrected chi connectivity index (χ2v) is 4.46. The van der Waals surface area contributed by atoms with Crippen molar-refractivity contribution in [1.29, 1.82) is 0 Å². The van der Waals surface area contributed by atoms with Crippen molar-refractivity contribution in [3.63, 3.8) is 0 Å². The molecule has 0 spiro atoms. The van der Waals surface area contributed by atoms with Crippen molar-refractivity contribution < 1.29 is 19.8 Å². The van der Waals surface area contributed by atoms with Gasteiger partial charge in [0.05, 0.1) is 5.92 Å². The molecule has 0 saturated carbocycles. The first-order chi connectivity index (χ1) is 5.63. The lowest BCUT2D eigenvalue weighted by Crippen LogP contribution is -2.31. The third-order valence-corrected chi connectivity index (χ3v) is 3.73. The van der Waals surface area contributed by atoms with Crippen LogP contribution in [0.5, 0.6) is 0 Å². The van der Waals surface area contributed by atoms with Crippen LogP contribution in [-0.2, 0) is 9.59 Å². The summed E-state index contributed by atoms with van der Waals surface area (Å²) in [6.07, 6.45) is 1.41. The molecule has 66 valence electrons. The van der Waals surface area contributed by atoms with Gasteiger partial charge in [0.2, 0.25) is 0 Å². The van der Waals surface area contributed by atoms with Crippen molar-refractivity contribution in [2.75, 3.05) is 0 Å². The fourth-order valence-electron chi connectivity index (χ4n) is 0.776. The van der Waals surface area contributed by atoms with Crippen molar-refractivity contribution in [3.8, 4) is 0 Å². The molecule has 0 aromatic heterocycles. The van der Waals surface area contributed by atoms with E-state index in [2.05, 4.69) is 0 Å². The third kappa shape index (κ3) is 1.95. The van der Waals surface area contributed by atoms with Crippen molar-refractivity contribution in [2.45, 2.75) is 5.25 Å². The average Bonchev–Trinajstić information content (AvgIpc) is 2.04. The zero-order valence-corrected chi connectivity index (χ0v) is 7.47. The Morgan fingerprint density at radius 1 is 1.25 bits per heavy atom. The molecule has 6 heteroatoms. The van der Waals surface area contributed by atoms with Crippen LogP contribution in [0.25, 0.3) is 0 Å². The summed E-state index contributed by atoms with van der Waals surface area (Å²) in [7, 11) is 2.30. The van der Waals surface area contributed by atoms with E-state index in [0.717, 1.165) is 10.8 Å². The van der Waals surface area contributed by atoms with Crippen LogP contribution in [-0.4, -0.2) is 27.4 Å². The lowest BCUT2D eigenvalue weighted by atomic mass is 10.1. The smallest absolute Gasteiger partial charge is 0.318 e. The molecule has 2 atom stereocenters. The van der Waals surface area contributed by atoms with Gasteiger partial charge < -0.3 is 10.2 Å². The summed E-state index contributed by atoms with van der Waals surface area (Å²) in [6, 6.07) is 0. The van der Waals surface area contributed by atoms with E-state index in [1.54, 1.807) is 5.41 Å². The molecule has 0 amide bonds. The Morgan fingerprint density at radius 3 is 2.33 bits per heavy atom. The molecular weight excluding hydrogens is 200 g/mol. The summed E-state index contributed by atoms with van der Waals surface area (Å²) < 4.78 is 0. The Labute approximate surface area is 76.4 Å². The highest BCUT2D eigenvalue weighted by molar-refractivity contribution is 8.78. The number of carbonyl (C=O) groups is 2. The van der Waals surface area contributed by atoms with Crippen LogP contribution in [0.1, 0.15) is 0 Å². The van der Waals surface area contributed by atoms with Crippen LogP contribution >= 0.6 is 21.6 Å². The standard InChI is InChI=1S/C6H6O4S2/c7-5(8)3-1-2-11-12-4(3)6(9)10/h1-4H,(H,7,8)(H,9,10).